The third kappa shape index (κ3) is 1.10. The zero-order valence-corrected chi connectivity index (χ0v) is 6.52. The van der Waals surface area contributed by atoms with E-state index in [-0.39, 0.29) is 11.0 Å². The molecule has 0 atom stereocenters. The second-order valence-electron chi connectivity index (χ2n) is 2.61. The van der Waals surface area contributed by atoms with Crippen molar-refractivity contribution in [3.05, 3.63) is 40.3 Å². The number of hydrogen-bond donors (Lipinski definition) is 2. The van der Waals surface area contributed by atoms with Gasteiger partial charge in [0.15, 0.2) is 5.43 Å². The van der Waals surface area contributed by atoms with Crippen LogP contribution in [0.1, 0.15) is 10.4 Å². The van der Waals surface area contributed by atoms with Crippen molar-refractivity contribution >= 4 is 11.5 Å². The molecule has 66 valence electrons. The van der Waals surface area contributed by atoms with Crippen LogP contribution < -0.4 is 5.43 Å². The van der Waals surface area contributed by atoms with E-state index in [4.69, 9.17) is 5.11 Å². The lowest BCUT2D eigenvalue weighted by Crippen LogP contribution is -2.01. The first-order valence-corrected chi connectivity index (χ1v) is 3.61. The summed E-state index contributed by atoms with van der Waals surface area (Å²) in [6.07, 6.45) is 2.83. The van der Waals surface area contributed by atoms with E-state index < -0.39 is 5.97 Å². The summed E-state index contributed by atoms with van der Waals surface area (Å²) in [7, 11) is 0. The SMILES string of the molecule is O=C(O)c1c[nH]n2ccc(=O)cc12. The van der Waals surface area contributed by atoms with Crippen LogP contribution in [-0.4, -0.2) is 20.7 Å². The van der Waals surface area contributed by atoms with Crippen LogP contribution in [0.3, 0.4) is 0 Å². The topological polar surface area (TPSA) is 74.6 Å². The molecule has 2 heterocycles. The average Bonchev–Trinajstić information content (AvgIpc) is 2.46. The van der Waals surface area contributed by atoms with Crippen LogP contribution in [-0.2, 0) is 0 Å². The largest absolute Gasteiger partial charge is 0.478 e. The van der Waals surface area contributed by atoms with Gasteiger partial charge < -0.3 is 10.2 Å². The second kappa shape index (κ2) is 2.48. The first-order chi connectivity index (χ1) is 6.18. The average molecular weight is 178 g/mol. The second-order valence-corrected chi connectivity index (χ2v) is 2.61. The maximum absolute atomic E-state index is 10.9. The van der Waals surface area contributed by atoms with E-state index >= 15 is 0 Å². The van der Waals surface area contributed by atoms with Gasteiger partial charge in [-0.25, -0.2) is 4.79 Å². The summed E-state index contributed by atoms with van der Waals surface area (Å²) in [4.78, 5) is 21.6. The molecule has 0 saturated carbocycles. The highest BCUT2D eigenvalue weighted by atomic mass is 16.4. The first kappa shape index (κ1) is 7.60. The summed E-state index contributed by atoms with van der Waals surface area (Å²) < 4.78 is 1.48. The molecule has 2 aromatic heterocycles. The number of rotatable bonds is 1. The van der Waals surface area contributed by atoms with Gasteiger partial charge in [-0.15, -0.1) is 0 Å². The highest BCUT2D eigenvalue weighted by molar-refractivity contribution is 5.95. The number of aromatic amines is 1. The molecule has 0 amide bonds. The molecule has 0 aliphatic rings. The molecule has 2 N–H and O–H groups in total. The highest BCUT2D eigenvalue weighted by Gasteiger charge is 2.09. The number of aromatic carboxylic acids is 1. The van der Waals surface area contributed by atoms with Gasteiger partial charge in [0.2, 0.25) is 0 Å². The number of hydrogen-bond acceptors (Lipinski definition) is 2. The van der Waals surface area contributed by atoms with E-state index in [9.17, 15) is 9.59 Å². The van der Waals surface area contributed by atoms with Gasteiger partial charge in [-0.05, 0) is 0 Å². The Hall–Kier alpha value is -2.04. The van der Waals surface area contributed by atoms with Crippen molar-refractivity contribution < 1.29 is 9.90 Å². The Bertz CT molecular complexity index is 523. The maximum atomic E-state index is 10.9. The normalized spacial score (nSPS) is 10.5. The Balaban J connectivity index is 2.86. The lowest BCUT2D eigenvalue weighted by molar-refractivity contribution is 0.0699. The monoisotopic (exact) mass is 178 g/mol. The number of aromatic nitrogens is 2. The molecule has 0 aromatic carbocycles. The maximum Gasteiger partial charge on any atom is 0.339 e. The summed E-state index contributed by atoms with van der Waals surface area (Å²) in [6.45, 7) is 0. The quantitative estimate of drug-likeness (QED) is 0.660. The summed E-state index contributed by atoms with van der Waals surface area (Å²) in [6, 6.07) is 2.63. The minimum atomic E-state index is -1.05. The molecule has 2 aromatic rings. The lowest BCUT2D eigenvalue weighted by atomic mass is 10.3. The van der Waals surface area contributed by atoms with Gasteiger partial charge in [-0.1, -0.05) is 0 Å². The van der Waals surface area contributed by atoms with Crippen molar-refractivity contribution in [3.63, 3.8) is 0 Å². The number of nitrogens with zero attached hydrogens (tertiary/aromatic N) is 1. The number of carboxylic acid groups (broad SMARTS) is 1. The number of H-pyrrole nitrogens is 1. The predicted octanol–water partition coefficient (Wildman–Crippen LogP) is 0.326. The summed E-state index contributed by atoms with van der Waals surface area (Å²) in [5, 5.41) is 11.4. The van der Waals surface area contributed by atoms with Gasteiger partial charge >= 0.3 is 5.97 Å². The molecule has 13 heavy (non-hydrogen) atoms. The Morgan fingerprint density at radius 3 is 3.00 bits per heavy atom. The number of carbonyl (C=O) groups is 1. The Morgan fingerprint density at radius 1 is 1.54 bits per heavy atom. The molecule has 0 unspecified atom stereocenters. The van der Waals surface area contributed by atoms with Crippen LogP contribution in [0.2, 0.25) is 0 Å². The van der Waals surface area contributed by atoms with Crippen molar-refractivity contribution in [3.8, 4) is 0 Å². The lowest BCUT2D eigenvalue weighted by Gasteiger charge is -1.91. The van der Waals surface area contributed by atoms with E-state index in [1.807, 2.05) is 0 Å². The van der Waals surface area contributed by atoms with Gasteiger partial charge in [0.05, 0.1) is 5.52 Å². The zero-order chi connectivity index (χ0) is 9.42. The molecule has 5 heteroatoms. The summed E-state index contributed by atoms with van der Waals surface area (Å²) >= 11 is 0. The molecule has 0 radical (unpaired) electrons. The smallest absolute Gasteiger partial charge is 0.339 e. The van der Waals surface area contributed by atoms with Gasteiger partial charge in [-0.3, -0.25) is 9.31 Å². The Labute approximate surface area is 72.2 Å². The molecule has 0 spiro atoms. The van der Waals surface area contributed by atoms with Gasteiger partial charge in [-0.2, -0.15) is 0 Å². The van der Waals surface area contributed by atoms with E-state index in [2.05, 4.69) is 5.10 Å². The fraction of sp³-hybridized carbons (Fsp3) is 0. The minimum Gasteiger partial charge on any atom is -0.478 e. The van der Waals surface area contributed by atoms with Crippen molar-refractivity contribution in [1.82, 2.24) is 9.61 Å². The van der Waals surface area contributed by atoms with Crippen molar-refractivity contribution in [2.45, 2.75) is 0 Å². The van der Waals surface area contributed by atoms with E-state index in [0.717, 1.165) is 0 Å². The van der Waals surface area contributed by atoms with E-state index in [1.54, 1.807) is 0 Å². The Morgan fingerprint density at radius 2 is 2.31 bits per heavy atom. The minimum absolute atomic E-state index is 0.0951. The van der Waals surface area contributed by atoms with Crippen molar-refractivity contribution in [2.24, 2.45) is 0 Å². The van der Waals surface area contributed by atoms with E-state index in [0.29, 0.717) is 5.52 Å². The molecule has 0 aliphatic heterocycles. The molecule has 0 fully saturated rings. The number of nitrogens with one attached hydrogen (secondary N) is 1. The van der Waals surface area contributed by atoms with Crippen LogP contribution in [0.25, 0.3) is 5.52 Å². The number of carboxylic acids is 1. The molecular weight excluding hydrogens is 172 g/mol. The Kier molecular flexibility index (Phi) is 1.45. The standard InChI is InChI=1S/C8H6N2O3/c11-5-1-2-10-7(3-5)6(4-9-10)8(12)13/h1-4,9H,(H,12,13). The van der Waals surface area contributed by atoms with Gasteiger partial charge in [0, 0.05) is 24.5 Å². The summed E-state index contributed by atoms with van der Waals surface area (Å²) in [5.41, 5.74) is 0.264. The first-order valence-electron chi connectivity index (χ1n) is 3.61. The van der Waals surface area contributed by atoms with Crippen LogP contribution in [0, 0.1) is 0 Å². The van der Waals surface area contributed by atoms with Crippen LogP contribution in [0.5, 0.6) is 0 Å². The van der Waals surface area contributed by atoms with Crippen LogP contribution in [0.15, 0.2) is 29.3 Å². The zero-order valence-electron chi connectivity index (χ0n) is 6.52. The molecule has 2 rings (SSSR count). The molecule has 0 aliphatic carbocycles. The van der Waals surface area contributed by atoms with Gasteiger partial charge in [0.25, 0.3) is 0 Å². The third-order valence-corrected chi connectivity index (χ3v) is 1.78. The number of fused-ring (bicyclic) bond motifs is 1. The number of pyridine rings is 1. The molecule has 5 nitrogen and oxygen atoms in total. The third-order valence-electron chi connectivity index (χ3n) is 1.78. The fourth-order valence-electron chi connectivity index (χ4n) is 1.18. The predicted molar refractivity (Wildman–Crippen MR) is 45.0 cm³/mol. The highest BCUT2D eigenvalue weighted by Crippen LogP contribution is 2.06. The van der Waals surface area contributed by atoms with Gasteiger partial charge in [0.1, 0.15) is 5.56 Å². The van der Waals surface area contributed by atoms with Crippen LogP contribution >= 0.6 is 0 Å². The van der Waals surface area contributed by atoms with Crippen molar-refractivity contribution in [1.29, 1.82) is 0 Å². The van der Waals surface area contributed by atoms with Crippen molar-refractivity contribution in [2.75, 3.05) is 0 Å². The molecule has 0 bridgehead atoms. The van der Waals surface area contributed by atoms with E-state index in [1.165, 1.54) is 29.0 Å². The fourth-order valence-corrected chi connectivity index (χ4v) is 1.18. The molecule has 0 saturated heterocycles. The van der Waals surface area contributed by atoms with Crippen LogP contribution in [0.4, 0.5) is 0 Å². The summed E-state index contributed by atoms with van der Waals surface area (Å²) in [5.74, 6) is -1.05. The molecular formula is C8H6N2O3.